The molecule has 0 aliphatic heterocycles. The average molecular weight is 362 g/mol. The van der Waals surface area contributed by atoms with Crippen molar-refractivity contribution in [2.45, 2.75) is 0 Å². The summed E-state index contributed by atoms with van der Waals surface area (Å²) in [6.45, 7) is 0. The van der Waals surface area contributed by atoms with Crippen molar-refractivity contribution in [2.75, 3.05) is 0 Å². The van der Waals surface area contributed by atoms with Gasteiger partial charge in [-0.2, -0.15) is 5.10 Å². The van der Waals surface area contributed by atoms with Crippen molar-refractivity contribution in [3.8, 4) is 22.8 Å². The Morgan fingerprint density at radius 1 is 0.786 bits per heavy atom. The third-order valence-electron chi connectivity index (χ3n) is 4.98. The van der Waals surface area contributed by atoms with E-state index >= 15 is 0 Å². The second-order valence-electron chi connectivity index (χ2n) is 6.68. The third kappa shape index (κ3) is 2.21. The molecule has 0 saturated carbocycles. The summed E-state index contributed by atoms with van der Waals surface area (Å²) in [7, 11) is 0. The van der Waals surface area contributed by atoms with Crippen molar-refractivity contribution in [3.63, 3.8) is 0 Å². The molecule has 4 heterocycles. The van der Waals surface area contributed by atoms with Crippen LogP contribution in [-0.4, -0.2) is 30.1 Å². The summed E-state index contributed by atoms with van der Waals surface area (Å²) in [5.74, 6) is 0.720. The lowest BCUT2D eigenvalue weighted by atomic mass is 10.0. The van der Waals surface area contributed by atoms with Gasteiger partial charge in [-0.1, -0.05) is 36.4 Å². The molecule has 28 heavy (non-hydrogen) atoms. The maximum absolute atomic E-state index is 4.68. The molecule has 4 aromatic heterocycles. The van der Waals surface area contributed by atoms with Gasteiger partial charge in [-0.3, -0.25) is 10.1 Å². The summed E-state index contributed by atoms with van der Waals surface area (Å²) in [5.41, 5.74) is 5.22. The number of aromatic amines is 2. The van der Waals surface area contributed by atoms with Crippen LogP contribution >= 0.6 is 0 Å². The highest BCUT2D eigenvalue weighted by atomic mass is 15.2. The van der Waals surface area contributed by atoms with Crippen LogP contribution in [0.15, 0.2) is 73.1 Å². The van der Waals surface area contributed by atoms with Crippen LogP contribution in [0.5, 0.6) is 0 Å². The van der Waals surface area contributed by atoms with Crippen molar-refractivity contribution in [1.82, 2.24) is 30.1 Å². The minimum absolute atomic E-state index is 0.720. The molecule has 0 amide bonds. The highest BCUT2D eigenvalue weighted by molar-refractivity contribution is 5.98. The molecule has 132 valence electrons. The molecule has 6 nitrogen and oxygen atoms in total. The molecule has 0 radical (unpaired) electrons. The Morgan fingerprint density at radius 2 is 1.68 bits per heavy atom. The molecule has 6 heteroatoms. The van der Waals surface area contributed by atoms with E-state index in [1.807, 2.05) is 54.9 Å². The fourth-order valence-electron chi connectivity index (χ4n) is 3.63. The van der Waals surface area contributed by atoms with Crippen molar-refractivity contribution in [3.05, 3.63) is 73.1 Å². The minimum atomic E-state index is 0.720. The number of rotatable bonds is 2. The Kier molecular flexibility index (Phi) is 3.07. The zero-order chi connectivity index (χ0) is 18.5. The zero-order valence-electron chi connectivity index (χ0n) is 14.7. The topological polar surface area (TPSA) is 83.1 Å². The molecule has 0 bridgehead atoms. The molecule has 0 aliphatic carbocycles. The summed E-state index contributed by atoms with van der Waals surface area (Å²) in [6.07, 6.45) is 3.66. The van der Waals surface area contributed by atoms with Gasteiger partial charge in [0.2, 0.25) is 0 Å². The van der Waals surface area contributed by atoms with Crippen LogP contribution in [-0.2, 0) is 0 Å². The first-order chi connectivity index (χ1) is 13.9. The number of nitrogens with zero attached hydrogens (tertiary/aromatic N) is 4. The predicted octanol–water partition coefficient (Wildman–Crippen LogP) is 4.72. The molecule has 2 N–H and O–H groups in total. The molecule has 0 saturated heterocycles. The smallest absolute Gasteiger partial charge is 0.159 e. The van der Waals surface area contributed by atoms with Gasteiger partial charge in [0.15, 0.2) is 11.5 Å². The number of benzene rings is 2. The maximum Gasteiger partial charge on any atom is 0.159 e. The highest BCUT2D eigenvalue weighted by Gasteiger charge is 2.15. The van der Waals surface area contributed by atoms with Crippen LogP contribution in [0, 0.1) is 0 Å². The lowest BCUT2D eigenvalue weighted by Gasteiger charge is -2.05. The number of aromatic nitrogens is 6. The number of hydrogen-bond acceptors (Lipinski definition) is 4. The van der Waals surface area contributed by atoms with Crippen molar-refractivity contribution >= 4 is 32.8 Å². The van der Waals surface area contributed by atoms with Gasteiger partial charge in [0.25, 0.3) is 0 Å². The molecule has 2 aromatic carbocycles. The molecule has 6 rings (SSSR count). The van der Waals surface area contributed by atoms with Crippen LogP contribution in [0.4, 0.5) is 0 Å². The van der Waals surface area contributed by atoms with Crippen molar-refractivity contribution in [1.29, 1.82) is 0 Å². The lowest BCUT2D eigenvalue weighted by Crippen LogP contribution is -1.88. The lowest BCUT2D eigenvalue weighted by molar-refractivity contribution is 1.09. The number of hydrogen-bond donors (Lipinski definition) is 2. The summed E-state index contributed by atoms with van der Waals surface area (Å²) in [4.78, 5) is 17.2. The number of fused-ring (bicyclic) bond motifs is 3. The standard InChI is InChI=1S/C22H14N6/c1-2-6-15-13(5-1)9-10-23-19(15)14-11-16-20(27-28-21(16)24-12-14)22-25-17-7-3-4-8-18(17)26-22/h1-12H,(H,25,26)(H,24,27,28). The minimum Gasteiger partial charge on any atom is -0.337 e. The molecular formula is C22H14N6. The first-order valence-corrected chi connectivity index (χ1v) is 9.00. The van der Waals surface area contributed by atoms with E-state index in [9.17, 15) is 0 Å². The van der Waals surface area contributed by atoms with E-state index in [4.69, 9.17) is 0 Å². The van der Waals surface area contributed by atoms with Gasteiger partial charge in [-0.25, -0.2) is 9.97 Å². The van der Waals surface area contributed by atoms with Crippen LogP contribution in [0.3, 0.4) is 0 Å². The Labute approximate surface area is 159 Å². The summed E-state index contributed by atoms with van der Waals surface area (Å²) >= 11 is 0. The van der Waals surface area contributed by atoms with E-state index < -0.39 is 0 Å². The first-order valence-electron chi connectivity index (χ1n) is 9.00. The number of para-hydroxylation sites is 2. The van der Waals surface area contributed by atoms with Gasteiger partial charge < -0.3 is 4.98 Å². The van der Waals surface area contributed by atoms with Gasteiger partial charge in [0.05, 0.1) is 22.1 Å². The normalized spacial score (nSPS) is 11.6. The molecule has 0 aliphatic rings. The Balaban J connectivity index is 1.57. The molecule has 6 aromatic rings. The maximum atomic E-state index is 4.68. The van der Waals surface area contributed by atoms with Crippen molar-refractivity contribution < 1.29 is 0 Å². The van der Waals surface area contributed by atoms with Crippen LogP contribution in [0.1, 0.15) is 0 Å². The van der Waals surface area contributed by atoms with E-state index in [0.29, 0.717) is 0 Å². The predicted molar refractivity (Wildman–Crippen MR) is 110 cm³/mol. The fraction of sp³-hybridized carbons (Fsp3) is 0. The van der Waals surface area contributed by atoms with E-state index in [1.54, 1.807) is 0 Å². The average Bonchev–Trinajstić information content (AvgIpc) is 3.36. The van der Waals surface area contributed by atoms with Crippen LogP contribution in [0.25, 0.3) is 55.6 Å². The monoisotopic (exact) mass is 362 g/mol. The Bertz CT molecular complexity index is 1440. The number of pyridine rings is 2. The summed E-state index contributed by atoms with van der Waals surface area (Å²) in [5, 5.41) is 10.6. The van der Waals surface area contributed by atoms with E-state index in [2.05, 4.69) is 48.3 Å². The fourth-order valence-corrected chi connectivity index (χ4v) is 3.63. The molecule has 0 fully saturated rings. The molecule has 0 atom stereocenters. The second-order valence-corrected chi connectivity index (χ2v) is 6.68. The first kappa shape index (κ1) is 15.0. The van der Waals surface area contributed by atoms with Crippen molar-refractivity contribution in [2.24, 2.45) is 0 Å². The van der Waals surface area contributed by atoms with Crippen LogP contribution < -0.4 is 0 Å². The zero-order valence-corrected chi connectivity index (χ0v) is 14.7. The van der Waals surface area contributed by atoms with Gasteiger partial charge in [0.1, 0.15) is 5.69 Å². The van der Waals surface area contributed by atoms with Gasteiger partial charge in [-0.05, 0) is 29.7 Å². The number of nitrogens with one attached hydrogen (secondary N) is 2. The second kappa shape index (κ2) is 5.72. The number of imidazole rings is 1. The largest absolute Gasteiger partial charge is 0.337 e. The summed E-state index contributed by atoms with van der Waals surface area (Å²) < 4.78 is 0. The summed E-state index contributed by atoms with van der Waals surface area (Å²) in [6, 6.07) is 20.3. The van der Waals surface area contributed by atoms with Crippen LogP contribution in [0.2, 0.25) is 0 Å². The third-order valence-corrected chi connectivity index (χ3v) is 4.98. The quantitative estimate of drug-likeness (QED) is 0.467. The van der Waals surface area contributed by atoms with E-state index in [-0.39, 0.29) is 0 Å². The van der Waals surface area contributed by atoms with Gasteiger partial charge in [0, 0.05) is 23.3 Å². The number of H-pyrrole nitrogens is 2. The highest BCUT2D eigenvalue weighted by Crippen LogP contribution is 2.31. The Morgan fingerprint density at radius 3 is 2.64 bits per heavy atom. The van der Waals surface area contributed by atoms with E-state index in [1.165, 1.54) is 0 Å². The molecule has 0 unspecified atom stereocenters. The Hall–Kier alpha value is -4.06. The van der Waals surface area contributed by atoms with E-state index in [0.717, 1.165) is 55.6 Å². The SMILES string of the molecule is c1ccc2c(-c3cnc4[nH]nc(-c5nc6ccccc6[nH]5)c4c3)nccc2c1. The molecular weight excluding hydrogens is 348 g/mol. The molecule has 0 spiro atoms. The van der Waals surface area contributed by atoms with Gasteiger partial charge >= 0.3 is 0 Å². The van der Waals surface area contributed by atoms with Gasteiger partial charge in [-0.15, -0.1) is 0 Å².